The Hall–Kier alpha value is -0.960. The molecule has 3 heteroatoms. The lowest BCUT2D eigenvalue weighted by Crippen LogP contribution is -2.34. The monoisotopic (exact) mass is 290 g/mol. The van der Waals surface area contributed by atoms with Gasteiger partial charge in [0.15, 0.2) is 5.78 Å². The Labute approximate surface area is 125 Å². The molecule has 1 saturated carbocycles. The van der Waals surface area contributed by atoms with Gasteiger partial charge in [0.25, 0.3) is 0 Å². The molecule has 0 N–H and O–H groups in total. The molecular formula is C17H22O2S. The fourth-order valence-electron chi connectivity index (χ4n) is 3.79. The number of thioether (sulfide) groups is 1. The molecule has 0 radical (unpaired) electrons. The SMILES string of the molecule is COc1ccc([C@@H]2C(=O)[C@H](C)SC23CCCCC3)cc1. The van der Waals surface area contributed by atoms with Gasteiger partial charge in [0.1, 0.15) is 5.75 Å². The summed E-state index contributed by atoms with van der Waals surface area (Å²) in [5, 5.41) is 0.139. The van der Waals surface area contributed by atoms with Crippen LogP contribution in [0.4, 0.5) is 0 Å². The topological polar surface area (TPSA) is 26.3 Å². The number of ketones is 1. The van der Waals surface area contributed by atoms with E-state index in [1.807, 2.05) is 23.9 Å². The van der Waals surface area contributed by atoms with Gasteiger partial charge in [-0.1, -0.05) is 31.4 Å². The predicted molar refractivity (Wildman–Crippen MR) is 83.6 cm³/mol. The van der Waals surface area contributed by atoms with E-state index in [2.05, 4.69) is 19.1 Å². The second-order valence-electron chi connectivity index (χ2n) is 5.99. The molecule has 1 heterocycles. The molecule has 1 aromatic rings. The quantitative estimate of drug-likeness (QED) is 0.817. The molecule has 2 aliphatic rings. The first-order valence-corrected chi connectivity index (χ1v) is 8.40. The Bertz CT molecular complexity index is 488. The Morgan fingerprint density at radius 2 is 1.80 bits per heavy atom. The number of methoxy groups -OCH3 is 1. The van der Waals surface area contributed by atoms with Crippen LogP contribution in [-0.2, 0) is 4.79 Å². The van der Waals surface area contributed by atoms with Gasteiger partial charge in [-0.2, -0.15) is 0 Å². The molecule has 3 rings (SSSR count). The Morgan fingerprint density at radius 3 is 2.40 bits per heavy atom. The molecule has 0 aromatic heterocycles. The van der Waals surface area contributed by atoms with E-state index < -0.39 is 0 Å². The molecule has 2 fully saturated rings. The lowest BCUT2D eigenvalue weighted by molar-refractivity contribution is -0.119. The average molecular weight is 290 g/mol. The average Bonchev–Trinajstić information content (AvgIpc) is 2.71. The summed E-state index contributed by atoms with van der Waals surface area (Å²) in [7, 11) is 1.68. The number of benzene rings is 1. The second-order valence-corrected chi connectivity index (χ2v) is 7.75. The van der Waals surface area contributed by atoms with Crippen LogP contribution >= 0.6 is 11.8 Å². The van der Waals surface area contributed by atoms with Gasteiger partial charge >= 0.3 is 0 Å². The minimum atomic E-state index is 0.0775. The highest BCUT2D eigenvalue weighted by molar-refractivity contribution is 8.02. The number of rotatable bonds is 2. The number of carbonyl (C=O) groups excluding carboxylic acids is 1. The van der Waals surface area contributed by atoms with Crippen LogP contribution in [0.3, 0.4) is 0 Å². The minimum Gasteiger partial charge on any atom is -0.497 e. The largest absolute Gasteiger partial charge is 0.497 e. The summed E-state index contributed by atoms with van der Waals surface area (Å²) >= 11 is 1.93. The molecule has 1 aromatic carbocycles. The highest BCUT2D eigenvalue weighted by Gasteiger charge is 2.52. The third-order valence-electron chi connectivity index (χ3n) is 4.77. The molecule has 2 atom stereocenters. The van der Waals surface area contributed by atoms with E-state index in [1.165, 1.54) is 37.7 Å². The van der Waals surface area contributed by atoms with Crippen LogP contribution in [0.5, 0.6) is 5.75 Å². The third kappa shape index (κ3) is 2.26. The highest BCUT2D eigenvalue weighted by atomic mass is 32.2. The van der Waals surface area contributed by atoms with E-state index in [9.17, 15) is 4.79 Å². The molecule has 0 bridgehead atoms. The summed E-state index contributed by atoms with van der Waals surface area (Å²) < 4.78 is 5.38. The first kappa shape index (κ1) is 14.0. The molecule has 0 amide bonds. The van der Waals surface area contributed by atoms with E-state index in [1.54, 1.807) is 7.11 Å². The van der Waals surface area contributed by atoms with Crippen LogP contribution in [0.25, 0.3) is 0 Å². The van der Waals surface area contributed by atoms with Gasteiger partial charge in [-0.15, -0.1) is 11.8 Å². The lowest BCUT2D eigenvalue weighted by atomic mass is 9.74. The molecular weight excluding hydrogens is 268 g/mol. The van der Waals surface area contributed by atoms with Crippen molar-refractivity contribution in [2.75, 3.05) is 7.11 Å². The first-order valence-electron chi connectivity index (χ1n) is 7.52. The summed E-state index contributed by atoms with van der Waals surface area (Å²) in [6.45, 7) is 2.08. The van der Waals surface area contributed by atoms with Crippen LogP contribution in [0.2, 0.25) is 0 Å². The molecule has 20 heavy (non-hydrogen) atoms. The number of hydrogen-bond donors (Lipinski definition) is 0. The molecule has 2 nitrogen and oxygen atoms in total. The Kier molecular flexibility index (Phi) is 3.80. The maximum Gasteiger partial charge on any atom is 0.154 e. The van der Waals surface area contributed by atoms with Crippen LogP contribution in [0.15, 0.2) is 24.3 Å². The highest BCUT2D eigenvalue weighted by Crippen LogP contribution is 2.57. The molecule has 1 aliphatic heterocycles. The molecule has 1 aliphatic carbocycles. The van der Waals surface area contributed by atoms with Crippen LogP contribution < -0.4 is 4.74 Å². The van der Waals surface area contributed by atoms with Gasteiger partial charge in [-0.3, -0.25) is 4.79 Å². The van der Waals surface area contributed by atoms with E-state index >= 15 is 0 Å². The van der Waals surface area contributed by atoms with Crippen LogP contribution in [-0.4, -0.2) is 22.9 Å². The minimum absolute atomic E-state index is 0.0775. The third-order valence-corrected chi connectivity index (χ3v) is 6.47. The van der Waals surface area contributed by atoms with Crippen molar-refractivity contribution >= 4 is 17.5 Å². The number of Topliss-reactive ketones (excluding diaryl/α,β-unsaturated/α-hetero) is 1. The molecule has 108 valence electrons. The summed E-state index contributed by atoms with van der Waals surface area (Å²) in [6, 6.07) is 8.12. The van der Waals surface area contributed by atoms with Gasteiger partial charge in [0.05, 0.1) is 18.3 Å². The van der Waals surface area contributed by atoms with Crippen molar-refractivity contribution in [3.63, 3.8) is 0 Å². The predicted octanol–water partition coefficient (Wildman–Crippen LogP) is 4.19. The first-order chi connectivity index (χ1) is 9.66. The summed E-state index contributed by atoms with van der Waals surface area (Å²) in [6.07, 6.45) is 6.22. The molecule has 0 unspecified atom stereocenters. The Balaban J connectivity index is 1.96. The maximum absolute atomic E-state index is 12.7. The van der Waals surface area contributed by atoms with Gasteiger partial charge in [-0.25, -0.2) is 0 Å². The van der Waals surface area contributed by atoms with Crippen molar-refractivity contribution in [3.05, 3.63) is 29.8 Å². The zero-order chi connectivity index (χ0) is 14.2. The van der Waals surface area contributed by atoms with Gasteiger partial charge < -0.3 is 4.74 Å². The zero-order valence-corrected chi connectivity index (χ0v) is 13.0. The van der Waals surface area contributed by atoms with E-state index in [-0.39, 0.29) is 15.9 Å². The summed E-state index contributed by atoms with van der Waals surface area (Å²) in [5.41, 5.74) is 1.18. The van der Waals surface area contributed by atoms with Crippen molar-refractivity contribution < 1.29 is 9.53 Å². The number of ether oxygens (including phenoxy) is 1. The van der Waals surface area contributed by atoms with Crippen molar-refractivity contribution in [2.24, 2.45) is 0 Å². The number of hydrogen-bond acceptors (Lipinski definition) is 3. The van der Waals surface area contributed by atoms with E-state index in [0.717, 1.165) is 5.75 Å². The van der Waals surface area contributed by atoms with Gasteiger partial charge in [0, 0.05) is 4.75 Å². The smallest absolute Gasteiger partial charge is 0.154 e. The van der Waals surface area contributed by atoms with Crippen LogP contribution in [0, 0.1) is 0 Å². The summed E-state index contributed by atoms with van der Waals surface area (Å²) in [4.78, 5) is 12.7. The zero-order valence-electron chi connectivity index (χ0n) is 12.2. The normalized spacial score (nSPS) is 28.8. The van der Waals surface area contributed by atoms with Gasteiger partial charge in [-0.05, 0) is 37.5 Å². The van der Waals surface area contributed by atoms with E-state index in [0.29, 0.717) is 5.78 Å². The van der Waals surface area contributed by atoms with E-state index in [4.69, 9.17) is 4.74 Å². The lowest BCUT2D eigenvalue weighted by Gasteiger charge is -2.37. The van der Waals surface area contributed by atoms with Crippen molar-refractivity contribution in [2.45, 2.75) is 54.9 Å². The fraction of sp³-hybridized carbons (Fsp3) is 0.588. The second kappa shape index (κ2) is 5.44. The maximum atomic E-state index is 12.7. The van der Waals surface area contributed by atoms with Crippen molar-refractivity contribution in [1.29, 1.82) is 0 Å². The molecule has 1 spiro atoms. The summed E-state index contributed by atoms with van der Waals surface area (Å²) in [5.74, 6) is 1.35. The van der Waals surface area contributed by atoms with Crippen molar-refractivity contribution in [1.82, 2.24) is 0 Å². The Morgan fingerprint density at radius 1 is 1.15 bits per heavy atom. The standard InChI is InChI=1S/C17H22O2S/c1-12-16(18)15(13-6-8-14(19-2)9-7-13)17(20-12)10-4-3-5-11-17/h6-9,12,15H,3-5,10-11H2,1-2H3/t12-,15+/m0/s1. The van der Waals surface area contributed by atoms with Crippen molar-refractivity contribution in [3.8, 4) is 5.75 Å². The fourth-order valence-corrected chi connectivity index (χ4v) is 5.66. The molecule has 1 saturated heterocycles. The van der Waals surface area contributed by atoms with Gasteiger partial charge in [0.2, 0.25) is 0 Å². The van der Waals surface area contributed by atoms with Crippen LogP contribution in [0.1, 0.15) is 50.5 Å². The number of carbonyl (C=O) groups is 1.